The zero-order valence-corrected chi connectivity index (χ0v) is 19.2. The summed E-state index contributed by atoms with van der Waals surface area (Å²) in [5.74, 6) is 0.588. The second-order valence-corrected chi connectivity index (χ2v) is 9.25. The van der Waals surface area contributed by atoms with Crippen molar-refractivity contribution in [1.29, 1.82) is 0 Å². The number of carbonyl (C=O) groups is 2. The second-order valence-electron chi connectivity index (χ2n) is 8.19. The lowest BCUT2D eigenvalue weighted by Gasteiger charge is -2.36. The molecule has 1 aliphatic rings. The molecule has 8 heteroatoms. The molecule has 1 aromatic carbocycles. The number of amides is 2. The van der Waals surface area contributed by atoms with E-state index in [0.717, 1.165) is 39.8 Å². The van der Waals surface area contributed by atoms with Crippen molar-refractivity contribution in [2.45, 2.75) is 31.7 Å². The molecule has 1 aliphatic heterocycles. The Balaban J connectivity index is 1.43. The topological polar surface area (TPSA) is 80.1 Å². The number of likely N-dealkylation sites (tertiary alicyclic amines) is 1. The average molecular weight is 460 g/mol. The van der Waals surface area contributed by atoms with E-state index in [9.17, 15) is 9.59 Å². The number of hydrogen-bond acceptors (Lipinski definition) is 5. The van der Waals surface area contributed by atoms with Crippen LogP contribution in [-0.2, 0) is 6.42 Å². The van der Waals surface area contributed by atoms with E-state index in [1.165, 1.54) is 11.3 Å². The smallest absolute Gasteiger partial charge is 0.261 e. The van der Waals surface area contributed by atoms with Crippen LogP contribution in [0.5, 0.6) is 0 Å². The zero-order chi connectivity index (χ0) is 22.8. The molecule has 1 atom stereocenters. The SMILES string of the molecule is CNC(=O)c1sc2ccccc2c1CC1CCCCN1C(=O)c1ccc(-n2cccn2)nc1. The number of pyridine rings is 1. The standard InChI is InChI=1S/C25H25N5O2S/c1-26-24(31)23-20(19-8-2-3-9-21(19)33-23)15-18-7-4-5-13-29(18)25(32)17-10-11-22(27-16-17)30-14-6-12-28-30/h2-3,6,8-12,14,16,18H,4-5,7,13,15H2,1H3,(H,26,31). The molecule has 5 rings (SSSR count). The van der Waals surface area contributed by atoms with Crippen LogP contribution in [0.4, 0.5) is 0 Å². The Morgan fingerprint density at radius 3 is 2.79 bits per heavy atom. The fraction of sp³-hybridized carbons (Fsp3) is 0.280. The molecule has 1 N–H and O–H groups in total. The van der Waals surface area contributed by atoms with Crippen molar-refractivity contribution in [2.75, 3.05) is 13.6 Å². The van der Waals surface area contributed by atoms with Gasteiger partial charge in [-0.25, -0.2) is 9.67 Å². The van der Waals surface area contributed by atoms with Gasteiger partial charge in [0.05, 0.1) is 10.4 Å². The maximum Gasteiger partial charge on any atom is 0.261 e. The molecule has 1 saturated heterocycles. The maximum absolute atomic E-state index is 13.5. The summed E-state index contributed by atoms with van der Waals surface area (Å²) in [5, 5.41) is 8.06. The van der Waals surface area contributed by atoms with Crippen LogP contribution in [-0.4, -0.2) is 51.1 Å². The third-order valence-electron chi connectivity index (χ3n) is 6.19. The first-order valence-electron chi connectivity index (χ1n) is 11.1. The van der Waals surface area contributed by atoms with Crippen LogP contribution < -0.4 is 5.32 Å². The minimum atomic E-state index is -0.0710. The highest BCUT2D eigenvalue weighted by Crippen LogP contribution is 2.34. The number of nitrogens with one attached hydrogen (secondary N) is 1. The molecule has 33 heavy (non-hydrogen) atoms. The molecular formula is C25H25N5O2S. The van der Waals surface area contributed by atoms with Crippen molar-refractivity contribution in [2.24, 2.45) is 0 Å². The summed E-state index contributed by atoms with van der Waals surface area (Å²) in [4.78, 5) is 33.2. The third kappa shape index (κ3) is 4.14. The highest BCUT2D eigenvalue weighted by Gasteiger charge is 2.30. The summed E-state index contributed by atoms with van der Waals surface area (Å²) >= 11 is 1.52. The summed E-state index contributed by atoms with van der Waals surface area (Å²) in [6.07, 6.45) is 8.77. The molecule has 1 fully saturated rings. The van der Waals surface area contributed by atoms with Gasteiger partial charge in [-0.1, -0.05) is 18.2 Å². The van der Waals surface area contributed by atoms with Gasteiger partial charge in [-0.3, -0.25) is 9.59 Å². The molecule has 0 radical (unpaired) electrons. The van der Waals surface area contributed by atoms with E-state index in [2.05, 4.69) is 21.5 Å². The number of piperidine rings is 1. The fourth-order valence-corrected chi connectivity index (χ4v) is 5.71. The summed E-state index contributed by atoms with van der Waals surface area (Å²) in [5.41, 5.74) is 1.60. The lowest BCUT2D eigenvalue weighted by atomic mass is 9.93. The van der Waals surface area contributed by atoms with Crippen molar-refractivity contribution < 1.29 is 9.59 Å². The molecular weight excluding hydrogens is 434 g/mol. The van der Waals surface area contributed by atoms with Crippen LogP contribution in [0.3, 0.4) is 0 Å². The number of nitrogens with zero attached hydrogens (tertiary/aromatic N) is 4. The molecule has 0 spiro atoms. The van der Waals surface area contributed by atoms with Crippen LogP contribution >= 0.6 is 11.3 Å². The number of rotatable bonds is 5. The predicted octanol–water partition coefficient (Wildman–Crippen LogP) is 4.08. The van der Waals surface area contributed by atoms with E-state index in [1.807, 2.05) is 47.5 Å². The molecule has 7 nitrogen and oxygen atoms in total. The maximum atomic E-state index is 13.5. The number of hydrogen-bond donors (Lipinski definition) is 1. The van der Waals surface area contributed by atoms with E-state index in [4.69, 9.17) is 0 Å². The van der Waals surface area contributed by atoms with Gasteiger partial charge < -0.3 is 10.2 Å². The molecule has 4 heterocycles. The number of benzene rings is 1. The van der Waals surface area contributed by atoms with E-state index >= 15 is 0 Å². The number of thiophene rings is 1. The monoisotopic (exact) mass is 459 g/mol. The van der Waals surface area contributed by atoms with Crippen LogP contribution in [0.15, 0.2) is 61.1 Å². The lowest BCUT2D eigenvalue weighted by Crippen LogP contribution is -2.45. The Bertz CT molecular complexity index is 1280. The van der Waals surface area contributed by atoms with Gasteiger partial charge in [0, 0.05) is 42.9 Å². The first kappa shape index (κ1) is 21.3. The van der Waals surface area contributed by atoms with Gasteiger partial charge in [0.15, 0.2) is 5.82 Å². The molecule has 4 aromatic rings. The first-order valence-corrected chi connectivity index (χ1v) is 12.0. The Kier molecular flexibility index (Phi) is 5.92. The normalized spacial score (nSPS) is 16.2. The lowest BCUT2D eigenvalue weighted by molar-refractivity contribution is 0.0613. The summed E-state index contributed by atoms with van der Waals surface area (Å²) < 4.78 is 2.76. The van der Waals surface area contributed by atoms with Gasteiger partial charge in [-0.15, -0.1) is 11.3 Å². The van der Waals surface area contributed by atoms with Crippen molar-refractivity contribution in [3.63, 3.8) is 0 Å². The Hall–Kier alpha value is -3.52. The molecule has 2 amide bonds. The van der Waals surface area contributed by atoms with Gasteiger partial charge in [-0.05, 0) is 60.9 Å². The molecule has 168 valence electrons. The Morgan fingerprint density at radius 1 is 1.15 bits per heavy atom. The van der Waals surface area contributed by atoms with Gasteiger partial charge in [0.2, 0.25) is 0 Å². The van der Waals surface area contributed by atoms with Crippen LogP contribution in [0.2, 0.25) is 0 Å². The van der Waals surface area contributed by atoms with Crippen molar-refractivity contribution in [3.8, 4) is 5.82 Å². The molecule has 1 unspecified atom stereocenters. The summed E-state index contributed by atoms with van der Waals surface area (Å²) in [7, 11) is 1.66. The van der Waals surface area contributed by atoms with E-state index in [0.29, 0.717) is 24.3 Å². The Labute approximate surface area is 196 Å². The zero-order valence-electron chi connectivity index (χ0n) is 18.4. The number of aromatic nitrogens is 3. The van der Waals surface area contributed by atoms with Gasteiger partial charge >= 0.3 is 0 Å². The van der Waals surface area contributed by atoms with Gasteiger partial charge in [-0.2, -0.15) is 5.10 Å². The predicted molar refractivity (Wildman–Crippen MR) is 129 cm³/mol. The molecule has 0 bridgehead atoms. The fourth-order valence-electron chi connectivity index (χ4n) is 4.53. The van der Waals surface area contributed by atoms with Crippen molar-refractivity contribution in [3.05, 3.63) is 77.1 Å². The summed E-state index contributed by atoms with van der Waals surface area (Å²) in [6.45, 7) is 0.710. The number of carbonyl (C=O) groups excluding carboxylic acids is 2. The largest absolute Gasteiger partial charge is 0.354 e. The summed E-state index contributed by atoms with van der Waals surface area (Å²) in [6, 6.07) is 13.6. The highest BCUT2D eigenvalue weighted by molar-refractivity contribution is 7.21. The van der Waals surface area contributed by atoms with Crippen LogP contribution in [0.25, 0.3) is 15.9 Å². The van der Waals surface area contributed by atoms with Gasteiger partial charge in [0.25, 0.3) is 11.8 Å². The Morgan fingerprint density at radius 2 is 2.03 bits per heavy atom. The van der Waals surface area contributed by atoms with Crippen LogP contribution in [0.1, 0.15) is 44.9 Å². The van der Waals surface area contributed by atoms with E-state index in [1.54, 1.807) is 24.1 Å². The van der Waals surface area contributed by atoms with E-state index in [-0.39, 0.29) is 17.9 Å². The quantitative estimate of drug-likeness (QED) is 0.488. The van der Waals surface area contributed by atoms with Crippen molar-refractivity contribution in [1.82, 2.24) is 25.0 Å². The van der Waals surface area contributed by atoms with Crippen molar-refractivity contribution >= 4 is 33.2 Å². The van der Waals surface area contributed by atoms with E-state index < -0.39 is 0 Å². The molecule has 0 saturated carbocycles. The second kappa shape index (κ2) is 9.15. The van der Waals surface area contributed by atoms with Crippen LogP contribution in [0, 0.1) is 0 Å². The minimum absolute atomic E-state index is 0.0137. The average Bonchev–Trinajstić information content (AvgIpc) is 3.53. The molecule has 0 aliphatic carbocycles. The van der Waals surface area contributed by atoms with Gasteiger partial charge in [0.1, 0.15) is 0 Å². The minimum Gasteiger partial charge on any atom is -0.354 e. The first-order chi connectivity index (χ1) is 16.2. The molecule has 3 aromatic heterocycles. The number of fused-ring (bicyclic) bond motifs is 1. The highest BCUT2D eigenvalue weighted by atomic mass is 32.1. The third-order valence-corrected chi connectivity index (χ3v) is 7.41.